The Bertz CT molecular complexity index is 1240. The minimum absolute atomic E-state index is 0.253. The van der Waals surface area contributed by atoms with E-state index >= 15 is 0 Å². The van der Waals surface area contributed by atoms with Crippen LogP contribution >= 0.6 is 35.0 Å². The van der Waals surface area contributed by atoms with Gasteiger partial charge in [0.2, 0.25) is 0 Å². The van der Waals surface area contributed by atoms with Crippen LogP contribution in [0.3, 0.4) is 0 Å². The number of nitrogens with one attached hydrogen (secondary N) is 1. The molecule has 1 aromatic heterocycles. The Morgan fingerprint density at radius 1 is 1.03 bits per heavy atom. The molecule has 3 aromatic rings. The summed E-state index contributed by atoms with van der Waals surface area (Å²) in [6.45, 7) is 3.99. The molecule has 2 aromatic carbocycles. The maximum atomic E-state index is 12.4. The number of aliphatic imine (C=N–C) groups is 1. The lowest BCUT2D eigenvalue weighted by molar-refractivity contribution is -0.115. The quantitative estimate of drug-likeness (QED) is 0.492. The molecule has 0 bridgehead atoms. The fourth-order valence-electron chi connectivity index (χ4n) is 3.29. The van der Waals surface area contributed by atoms with Gasteiger partial charge in [0.05, 0.1) is 4.91 Å². The molecule has 0 radical (unpaired) electrons. The van der Waals surface area contributed by atoms with Crippen molar-refractivity contribution < 1.29 is 9.59 Å². The molecule has 0 unspecified atom stereocenters. The van der Waals surface area contributed by atoms with E-state index in [9.17, 15) is 9.59 Å². The second kappa shape index (κ2) is 8.75. The third kappa shape index (κ3) is 4.61. The van der Waals surface area contributed by atoms with E-state index in [1.807, 2.05) is 50.3 Å². The van der Waals surface area contributed by atoms with Gasteiger partial charge in [0.15, 0.2) is 5.17 Å². The number of aromatic nitrogens is 1. The number of rotatable bonds is 3. The highest BCUT2D eigenvalue weighted by molar-refractivity contribution is 8.18. The van der Waals surface area contributed by atoms with Crippen LogP contribution in [0, 0.1) is 13.8 Å². The Labute approximate surface area is 193 Å². The molecule has 1 fully saturated rings. The lowest BCUT2D eigenvalue weighted by Gasteiger charge is -2.09. The summed E-state index contributed by atoms with van der Waals surface area (Å²) in [7, 11) is 0. The van der Waals surface area contributed by atoms with E-state index < -0.39 is 5.91 Å². The molecule has 156 valence electrons. The summed E-state index contributed by atoms with van der Waals surface area (Å²) in [6.07, 6.45) is 1.81. The summed E-state index contributed by atoms with van der Waals surface area (Å²) in [5.41, 5.74) is 4.32. The van der Waals surface area contributed by atoms with Crippen molar-refractivity contribution in [2.45, 2.75) is 13.8 Å². The molecule has 8 heteroatoms. The van der Waals surface area contributed by atoms with Crippen LogP contribution in [0.2, 0.25) is 10.0 Å². The van der Waals surface area contributed by atoms with Gasteiger partial charge in [-0.2, -0.15) is 4.99 Å². The summed E-state index contributed by atoms with van der Waals surface area (Å²) in [4.78, 5) is 29.3. The largest absolute Gasteiger partial charge is 0.318 e. The van der Waals surface area contributed by atoms with Crippen LogP contribution in [0.4, 0.5) is 0 Å². The number of hydrogen-bond acceptors (Lipinski definition) is 3. The summed E-state index contributed by atoms with van der Waals surface area (Å²) >= 11 is 13.0. The first-order chi connectivity index (χ1) is 14.8. The van der Waals surface area contributed by atoms with Crippen LogP contribution in [-0.2, 0) is 4.79 Å². The average Bonchev–Trinajstić information content (AvgIpc) is 3.21. The molecule has 2 heterocycles. The lowest BCUT2D eigenvalue weighted by Crippen LogP contribution is -2.20. The summed E-state index contributed by atoms with van der Waals surface area (Å²) in [5, 5.41) is 4.11. The third-order valence-electron chi connectivity index (χ3n) is 4.79. The maximum Gasteiger partial charge on any atom is 0.279 e. The van der Waals surface area contributed by atoms with Crippen LogP contribution in [-0.4, -0.2) is 21.5 Å². The highest BCUT2D eigenvalue weighted by atomic mass is 35.5. The number of aryl methyl sites for hydroxylation is 1. The molecule has 31 heavy (non-hydrogen) atoms. The van der Waals surface area contributed by atoms with Gasteiger partial charge in [-0.05, 0) is 91.8 Å². The molecular weight excluding hydrogens is 453 g/mol. The molecule has 5 nitrogen and oxygen atoms in total. The van der Waals surface area contributed by atoms with E-state index in [0.29, 0.717) is 20.5 Å². The van der Waals surface area contributed by atoms with Crippen LogP contribution in [0.5, 0.6) is 0 Å². The summed E-state index contributed by atoms with van der Waals surface area (Å²) < 4.78 is 2.10. The molecule has 1 aliphatic heterocycles. The second-order valence-electron chi connectivity index (χ2n) is 6.93. The number of thioether (sulfide) groups is 1. The van der Waals surface area contributed by atoms with E-state index in [0.717, 1.165) is 34.4 Å². The zero-order valence-electron chi connectivity index (χ0n) is 16.6. The molecule has 1 aliphatic rings. The minimum Gasteiger partial charge on any atom is -0.318 e. The van der Waals surface area contributed by atoms with Crippen LogP contribution < -0.4 is 5.32 Å². The van der Waals surface area contributed by atoms with Crippen molar-refractivity contribution in [1.29, 1.82) is 0 Å². The minimum atomic E-state index is -0.443. The second-order valence-corrected chi connectivity index (χ2v) is 8.84. The number of amidine groups is 1. The van der Waals surface area contributed by atoms with Crippen molar-refractivity contribution in [2.75, 3.05) is 0 Å². The number of carbonyl (C=O) groups excluding carboxylic acids is 2. The first kappa shape index (κ1) is 21.4. The Kier molecular flexibility index (Phi) is 6.05. The highest BCUT2D eigenvalue weighted by Gasteiger charge is 2.25. The Hall–Kier alpha value is -2.80. The molecule has 1 saturated heterocycles. The highest BCUT2D eigenvalue weighted by Crippen LogP contribution is 2.30. The SMILES string of the molecule is Cc1cc(/C=C2\SC(=NC(=O)c3ccc(Cl)cc3)NC2=O)c(C)n1-c1ccc(Cl)cc1. The molecule has 1 N–H and O–H groups in total. The first-order valence-electron chi connectivity index (χ1n) is 9.36. The summed E-state index contributed by atoms with van der Waals surface area (Å²) in [6, 6.07) is 16.0. The fourth-order valence-corrected chi connectivity index (χ4v) is 4.35. The zero-order chi connectivity index (χ0) is 22.1. The van der Waals surface area contributed by atoms with Gasteiger partial charge in [0, 0.05) is 32.7 Å². The van der Waals surface area contributed by atoms with Crippen molar-refractivity contribution in [3.05, 3.63) is 92.1 Å². The van der Waals surface area contributed by atoms with Crippen LogP contribution in [0.15, 0.2) is 64.5 Å². The van der Waals surface area contributed by atoms with E-state index in [-0.39, 0.29) is 11.1 Å². The number of carbonyl (C=O) groups is 2. The summed E-state index contributed by atoms with van der Waals surface area (Å²) in [5.74, 6) is -0.731. The third-order valence-corrected chi connectivity index (χ3v) is 6.20. The van der Waals surface area contributed by atoms with Gasteiger partial charge in [-0.25, -0.2) is 0 Å². The van der Waals surface area contributed by atoms with Crippen molar-refractivity contribution in [1.82, 2.24) is 9.88 Å². The fraction of sp³-hybridized carbons (Fsp3) is 0.0870. The van der Waals surface area contributed by atoms with Crippen molar-refractivity contribution >= 4 is 58.0 Å². The smallest absolute Gasteiger partial charge is 0.279 e. The predicted octanol–water partition coefficient (Wildman–Crippen LogP) is 5.80. The van der Waals surface area contributed by atoms with Gasteiger partial charge in [-0.1, -0.05) is 23.2 Å². The number of amides is 2. The molecule has 2 amide bonds. The van der Waals surface area contributed by atoms with Gasteiger partial charge in [0.1, 0.15) is 0 Å². The molecule has 0 aliphatic carbocycles. The van der Waals surface area contributed by atoms with Gasteiger partial charge in [0.25, 0.3) is 11.8 Å². The number of hydrogen-bond donors (Lipinski definition) is 1. The first-order valence-corrected chi connectivity index (χ1v) is 10.9. The lowest BCUT2D eigenvalue weighted by atomic mass is 10.2. The van der Waals surface area contributed by atoms with Crippen LogP contribution in [0.1, 0.15) is 27.3 Å². The van der Waals surface area contributed by atoms with Crippen molar-refractivity contribution in [3.63, 3.8) is 0 Å². The van der Waals surface area contributed by atoms with E-state index in [4.69, 9.17) is 23.2 Å². The van der Waals surface area contributed by atoms with Gasteiger partial charge in [-0.3, -0.25) is 9.59 Å². The normalized spacial score (nSPS) is 16.2. The molecule has 0 spiro atoms. The van der Waals surface area contributed by atoms with E-state index in [1.165, 1.54) is 0 Å². The average molecular weight is 470 g/mol. The molecule has 0 atom stereocenters. The number of halogens is 2. The molecule has 0 saturated carbocycles. The zero-order valence-corrected chi connectivity index (χ0v) is 19.0. The van der Waals surface area contributed by atoms with E-state index in [1.54, 1.807) is 24.3 Å². The Morgan fingerprint density at radius 3 is 2.29 bits per heavy atom. The topological polar surface area (TPSA) is 63.5 Å². The number of nitrogens with zero attached hydrogens (tertiary/aromatic N) is 2. The monoisotopic (exact) mass is 469 g/mol. The van der Waals surface area contributed by atoms with Gasteiger partial charge >= 0.3 is 0 Å². The van der Waals surface area contributed by atoms with Crippen molar-refractivity contribution in [3.8, 4) is 5.69 Å². The van der Waals surface area contributed by atoms with Gasteiger partial charge < -0.3 is 9.88 Å². The van der Waals surface area contributed by atoms with Crippen LogP contribution in [0.25, 0.3) is 11.8 Å². The Morgan fingerprint density at radius 2 is 1.65 bits per heavy atom. The predicted molar refractivity (Wildman–Crippen MR) is 127 cm³/mol. The molecular formula is C23H17Cl2N3O2S. The number of benzene rings is 2. The van der Waals surface area contributed by atoms with E-state index in [2.05, 4.69) is 14.9 Å². The standard InChI is InChI=1S/C23H17Cl2N3O2S/c1-13-11-16(14(2)28(13)19-9-7-18(25)8-10-19)12-20-22(30)27-23(31-20)26-21(29)15-3-5-17(24)6-4-15/h3-12H,1-2H3,(H,26,27,29,30)/b20-12-. The molecule has 4 rings (SSSR count). The van der Waals surface area contributed by atoms with Crippen molar-refractivity contribution in [2.24, 2.45) is 4.99 Å². The van der Waals surface area contributed by atoms with Gasteiger partial charge in [-0.15, -0.1) is 0 Å². The maximum absolute atomic E-state index is 12.4. The Balaban J connectivity index is 1.59.